The van der Waals surface area contributed by atoms with Gasteiger partial charge in [0.05, 0.1) is 6.54 Å². The van der Waals surface area contributed by atoms with E-state index < -0.39 is 11.2 Å². The van der Waals surface area contributed by atoms with E-state index in [1.54, 1.807) is 32.5 Å². The fraction of sp³-hybridized carbons (Fsp3) is 0.556. The van der Waals surface area contributed by atoms with E-state index in [1.165, 1.54) is 9.40 Å². The van der Waals surface area contributed by atoms with Crippen LogP contribution in [0.3, 0.4) is 0 Å². The van der Waals surface area contributed by atoms with Gasteiger partial charge in [-0.15, -0.1) is 22.7 Å². The van der Waals surface area contributed by atoms with Crippen molar-refractivity contribution in [2.45, 2.75) is 44.8 Å². The number of hydrogen-bond donors (Lipinski definition) is 0. The van der Waals surface area contributed by atoms with Crippen molar-refractivity contribution in [3.8, 4) is 0 Å². The third-order valence-electron chi connectivity index (χ3n) is 4.69. The SMILES string of the molecule is CC(C)(C)OC(=O)N1CCC2(CC1)CN(c1cc3sccc3s1)C(=O)O2. The molecule has 140 valence electrons. The zero-order valence-electron chi connectivity index (χ0n) is 15.1. The third-order valence-corrected chi connectivity index (χ3v) is 6.81. The van der Waals surface area contributed by atoms with E-state index >= 15 is 0 Å². The summed E-state index contributed by atoms with van der Waals surface area (Å²) < 4.78 is 13.6. The Hall–Kier alpha value is -1.80. The van der Waals surface area contributed by atoms with Crippen LogP contribution < -0.4 is 4.90 Å². The molecule has 6 nitrogen and oxygen atoms in total. The van der Waals surface area contributed by atoms with Crippen molar-refractivity contribution in [1.29, 1.82) is 0 Å². The highest BCUT2D eigenvalue weighted by Crippen LogP contribution is 2.41. The van der Waals surface area contributed by atoms with Crippen molar-refractivity contribution < 1.29 is 19.1 Å². The molecule has 4 heterocycles. The predicted octanol–water partition coefficient (Wildman–Crippen LogP) is 4.69. The first-order valence-corrected chi connectivity index (χ1v) is 10.4. The van der Waals surface area contributed by atoms with E-state index in [0.29, 0.717) is 32.5 Å². The van der Waals surface area contributed by atoms with Gasteiger partial charge < -0.3 is 14.4 Å². The Balaban J connectivity index is 1.42. The van der Waals surface area contributed by atoms with Gasteiger partial charge in [-0.3, -0.25) is 4.90 Å². The smallest absolute Gasteiger partial charge is 0.415 e. The summed E-state index contributed by atoms with van der Waals surface area (Å²) in [6.45, 7) is 7.20. The molecule has 2 aromatic heterocycles. The lowest BCUT2D eigenvalue weighted by Crippen LogP contribution is -2.49. The largest absolute Gasteiger partial charge is 0.444 e. The normalized spacial score (nSPS) is 20.0. The van der Waals surface area contributed by atoms with Gasteiger partial charge in [0.15, 0.2) is 0 Å². The number of hydrogen-bond acceptors (Lipinski definition) is 6. The lowest BCUT2D eigenvalue weighted by molar-refractivity contribution is -0.0167. The Kier molecular flexibility index (Phi) is 4.15. The standard InChI is InChI=1S/C18H22N2O4S2/c1-17(2,3)23-15(21)19-7-5-18(6-8-19)11-20(16(22)24-18)14-10-13-12(26-14)4-9-25-13/h4,9-10H,5-8,11H2,1-3H3. The van der Waals surface area contributed by atoms with E-state index in [-0.39, 0.29) is 12.2 Å². The quantitative estimate of drug-likeness (QED) is 0.704. The van der Waals surface area contributed by atoms with Crippen LogP contribution in [0.1, 0.15) is 33.6 Å². The zero-order chi connectivity index (χ0) is 18.5. The maximum atomic E-state index is 12.5. The topological polar surface area (TPSA) is 59.1 Å². The van der Waals surface area contributed by atoms with Crippen LogP contribution in [0.25, 0.3) is 9.40 Å². The number of anilines is 1. The summed E-state index contributed by atoms with van der Waals surface area (Å²) in [5, 5.41) is 2.99. The second-order valence-electron chi connectivity index (χ2n) is 7.84. The minimum absolute atomic E-state index is 0.287. The molecule has 0 saturated carbocycles. The van der Waals surface area contributed by atoms with Gasteiger partial charge in [-0.25, -0.2) is 9.59 Å². The lowest BCUT2D eigenvalue weighted by Gasteiger charge is -2.37. The molecule has 4 rings (SSSR count). The lowest BCUT2D eigenvalue weighted by atomic mass is 9.91. The van der Waals surface area contributed by atoms with Gasteiger partial charge in [-0.05, 0) is 38.3 Å². The fourth-order valence-corrected chi connectivity index (χ4v) is 5.45. The maximum Gasteiger partial charge on any atom is 0.415 e. The van der Waals surface area contributed by atoms with Crippen LogP contribution in [0.4, 0.5) is 14.6 Å². The first-order chi connectivity index (χ1) is 12.2. The molecule has 26 heavy (non-hydrogen) atoms. The van der Waals surface area contributed by atoms with E-state index in [4.69, 9.17) is 9.47 Å². The molecule has 2 aromatic rings. The number of carbonyl (C=O) groups is 2. The average molecular weight is 395 g/mol. The third kappa shape index (κ3) is 3.27. The predicted molar refractivity (Wildman–Crippen MR) is 103 cm³/mol. The molecule has 2 amide bonds. The molecular formula is C18H22N2O4S2. The number of likely N-dealkylation sites (tertiary alicyclic amines) is 1. The minimum Gasteiger partial charge on any atom is -0.444 e. The summed E-state index contributed by atoms with van der Waals surface area (Å²) in [5.41, 5.74) is -1.01. The minimum atomic E-state index is -0.507. The Morgan fingerprint density at radius 2 is 2.00 bits per heavy atom. The maximum absolute atomic E-state index is 12.5. The molecule has 8 heteroatoms. The average Bonchev–Trinajstić information content (AvgIpc) is 3.19. The van der Waals surface area contributed by atoms with Gasteiger partial charge in [-0.2, -0.15) is 0 Å². The van der Waals surface area contributed by atoms with Crippen LogP contribution in [-0.2, 0) is 9.47 Å². The zero-order valence-corrected chi connectivity index (χ0v) is 16.7. The van der Waals surface area contributed by atoms with Crippen molar-refractivity contribution in [2.24, 2.45) is 0 Å². The summed E-state index contributed by atoms with van der Waals surface area (Å²) in [6, 6.07) is 4.13. The molecule has 0 bridgehead atoms. The summed E-state index contributed by atoms with van der Waals surface area (Å²) in [5.74, 6) is 0. The highest BCUT2D eigenvalue weighted by Gasteiger charge is 2.48. The molecule has 0 N–H and O–H groups in total. The van der Waals surface area contributed by atoms with Crippen molar-refractivity contribution >= 4 is 49.3 Å². The molecule has 2 aliphatic heterocycles. The van der Waals surface area contributed by atoms with Crippen molar-refractivity contribution in [2.75, 3.05) is 24.5 Å². The number of nitrogens with zero attached hydrogens (tertiary/aromatic N) is 2. The van der Waals surface area contributed by atoms with Gasteiger partial charge in [-0.1, -0.05) is 0 Å². The van der Waals surface area contributed by atoms with Gasteiger partial charge >= 0.3 is 12.2 Å². The summed E-state index contributed by atoms with van der Waals surface area (Å²) >= 11 is 3.29. The molecule has 2 aliphatic rings. The molecule has 2 saturated heterocycles. The van der Waals surface area contributed by atoms with Crippen LogP contribution in [0.15, 0.2) is 17.5 Å². The Bertz CT molecular complexity index is 814. The monoisotopic (exact) mass is 394 g/mol. The van der Waals surface area contributed by atoms with Gasteiger partial charge in [0, 0.05) is 35.3 Å². The second-order valence-corrected chi connectivity index (χ2v) is 9.85. The van der Waals surface area contributed by atoms with Crippen molar-refractivity contribution in [3.05, 3.63) is 17.5 Å². The van der Waals surface area contributed by atoms with Gasteiger partial charge in [0.25, 0.3) is 0 Å². The first-order valence-electron chi connectivity index (χ1n) is 8.70. The first kappa shape index (κ1) is 17.6. The Morgan fingerprint density at radius 1 is 1.27 bits per heavy atom. The number of rotatable bonds is 1. The van der Waals surface area contributed by atoms with Crippen molar-refractivity contribution in [1.82, 2.24) is 4.90 Å². The van der Waals surface area contributed by atoms with E-state index in [9.17, 15) is 9.59 Å². The van der Waals surface area contributed by atoms with Crippen LogP contribution in [0.5, 0.6) is 0 Å². The Morgan fingerprint density at radius 3 is 2.65 bits per heavy atom. The Labute approximate surface area is 160 Å². The fourth-order valence-electron chi connectivity index (χ4n) is 3.36. The van der Waals surface area contributed by atoms with Crippen LogP contribution in [-0.4, -0.2) is 47.9 Å². The molecule has 1 spiro atoms. The summed E-state index contributed by atoms with van der Waals surface area (Å²) in [4.78, 5) is 28.1. The number of ether oxygens (including phenoxy) is 2. The number of thiophene rings is 2. The van der Waals surface area contributed by atoms with Crippen LogP contribution >= 0.6 is 22.7 Å². The van der Waals surface area contributed by atoms with Crippen molar-refractivity contribution in [3.63, 3.8) is 0 Å². The van der Waals surface area contributed by atoms with Crippen LogP contribution in [0, 0.1) is 0 Å². The van der Waals surface area contributed by atoms with E-state index in [0.717, 1.165) is 5.00 Å². The molecule has 0 aliphatic carbocycles. The van der Waals surface area contributed by atoms with Gasteiger partial charge in [0.1, 0.15) is 16.2 Å². The molecular weight excluding hydrogens is 372 g/mol. The second kappa shape index (κ2) is 6.13. The molecule has 2 fully saturated rings. The van der Waals surface area contributed by atoms with E-state index in [2.05, 4.69) is 17.5 Å². The molecule has 0 unspecified atom stereocenters. The highest BCUT2D eigenvalue weighted by molar-refractivity contribution is 7.29. The molecule has 0 atom stereocenters. The summed E-state index contributed by atoms with van der Waals surface area (Å²) in [7, 11) is 0. The summed E-state index contributed by atoms with van der Waals surface area (Å²) in [6.07, 6.45) is 0.680. The molecule has 0 aromatic carbocycles. The number of amides is 2. The molecule has 0 radical (unpaired) electrons. The highest BCUT2D eigenvalue weighted by atomic mass is 32.1. The number of piperidine rings is 1. The van der Waals surface area contributed by atoms with Crippen LogP contribution in [0.2, 0.25) is 0 Å². The number of fused-ring (bicyclic) bond motifs is 1. The number of carbonyl (C=O) groups excluding carboxylic acids is 2. The van der Waals surface area contributed by atoms with E-state index in [1.807, 2.05) is 20.8 Å². The van der Waals surface area contributed by atoms with Gasteiger partial charge in [0.2, 0.25) is 0 Å².